The van der Waals surface area contributed by atoms with Gasteiger partial charge in [-0.25, -0.2) is 8.42 Å². The summed E-state index contributed by atoms with van der Waals surface area (Å²) in [4.78, 5) is 0.217. The number of benzene rings is 2. The molecule has 112 valence electrons. The average Bonchev–Trinajstić information content (AvgIpc) is 2.49. The van der Waals surface area contributed by atoms with Gasteiger partial charge >= 0.3 is 0 Å². The molecule has 0 aliphatic heterocycles. The van der Waals surface area contributed by atoms with Gasteiger partial charge in [0.25, 0.3) is 0 Å². The molecule has 0 spiro atoms. The monoisotopic (exact) mass is 305 g/mol. The van der Waals surface area contributed by atoms with E-state index in [9.17, 15) is 8.42 Å². The smallest absolute Gasteiger partial charge is 0.186 e. The minimum atomic E-state index is -3.45. The highest BCUT2D eigenvalue weighted by molar-refractivity contribution is 7.90. The van der Waals surface area contributed by atoms with E-state index in [1.54, 1.807) is 24.3 Å². The van der Waals surface area contributed by atoms with Crippen LogP contribution in [0.15, 0.2) is 47.4 Å². The molecule has 0 heterocycles. The van der Waals surface area contributed by atoms with Crippen LogP contribution in [0.25, 0.3) is 0 Å². The molecule has 0 bridgehead atoms. The lowest BCUT2D eigenvalue weighted by Gasteiger charge is -2.11. The van der Waals surface area contributed by atoms with Crippen LogP contribution in [0.3, 0.4) is 0 Å². The van der Waals surface area contributed by atoms with Crippen molar-refractivity contribution in [1.29, 1.82) is 0 Å². The second kappa shape index (κ2) is 6.28. The molecule has 5 heteroatoms. The molecule has 0 saturated carbocycles. The normalized spacial score (nSPS) is 11.4. The minimum absolute atomic E-state index is 0.0515. The summed E-state index contributed by atoms with van der Waals surface area (Å²) in [5, 5.41) is 0. The van der Waals surface area contributed by atoms with Crippen molar-refractivity contribution in [1.82, 2.24) is 0 Å². The predicted octanol–water partition coefficient (Wildman–Crippen LogP) is 2.44. The molecule has 2 N–H and O–H groups in total. The molecule has 0 fully saturated rings. The van der Waals surface area contributed by atoms with Gasteiger partial charge in [-0.05, 0) is 35.7 Å². The van der Waals surface area contributed by atoms with Crippen LogP contribution in [-0.2, 0) is 22.1 Å². The van der Waals surface area contributed by atoms with Crippen molar-refractivity contribution >= 4 is 9.84 Å². The van der Waals surface area contributed by atoms with E-state index in [0.29, 0.717) is 12.3 Å². The Morgan fingerprint density at radius 1 is 1.14 bits per heavy atom. The second-order valence-electron chi connectivity index (χ2n) is 4.87. The Labute approximate surface area is 125 Å². The van der Waals surface area contributed by atoms with Crippen LogP contribution in [-0.4, -0.2) is 15.5 Å². The lowest BCUT2D eigenvalue weighted by atomic mass is 10.1. The number of hydrogen-bond donors (Lipinski definition) is 1. The molecule has 0 amide bonds. The number of sulfone groups is 1. The fourth-order valence-electron chi connectivity index (χ4n) is 2.21. The first-order valence-corrected chi connectivity index (χ1v) is 8.27. The fourth-order valence-corrected chi connectivity index (χ4v) is 3.84. The maximum absolute atomic E-state index is 12.6. The second-order valence-corrected chi connectivity index (χ2v) is 6.83. The highest BCUT2D eigenvalue weighted by atomic mass is 32.2. The van der Waals surface area contributed by atoms with E-state index in [0.717, 1.165) is 16.7 Å². The molecule has 0 aliphatic carbocycles. The van der Waals surface area contributed by atoms with Crippen molar-refractivity contribution in [2.24, 2.45) is 5.73 Å². The van der Waals surface area contributed by atoms with Crippen LogP contribution in [0.1, 0.15) is 16.7 Å². The van der Waals surface area contributed by atoms with E-state index in [1.807, 2.05) is 25.1 Å². The third-order valence-corrected chi connectivity index (χ3v) is 5.09. The third-order valence-electron chi connectivity index (χ3n) is 3.39. The largest absolute Gasteiger partial charge is 0.495 e. The molecule has 0 aliphatic rings. The number of ether oxygens (including phenoxy) is 1. The van der Waals surface area contributed by atoms with E-state index in [1.165, 1.54) is 7.11 Å². The van der Waals surface area contributed by atoms with Crippen molar-refractivity contribution in [3.63, 3.8) is 0 Å². The summed E-state index contributed by atoms with van der Waals surface area (Å²) in [5.74, 6) is 0.318. The molecule has 0 radical (unpaired) electrons. The molecule has 2 aromatic carbocycles. The molecular weight excluding hydrogens is 286 g/mol. The number of para-hydroxylation sites is 1. The Morgan fingerprint density at radius 2 is 1.86 bits per heavy atom. The lowest BCUT2D eigenvalue weighted by Crippen LogP contribution is -2.08. The van der Waals surface area contributed by atoms with Gasteiger partial charge in [-0.15, -0.1) is 0 Å². The first kappa shape index (κ1) is 15.5. The van der Waals surface area contributed by atoms with E-state index in [-0.39, 0.29) is 10.6 Å². The summed E-state index contributed by atoms with van der Waals surface area (Å²) < 4.78 is 30.3. The van der Waals surface area contributed by atoms with Gasteiger partial charge in [0.1, 0.15) is 10.6 Å². The summed E-state index contributed by atoms with van der Waals surface area (Å²) in [5.41, 5.74) is 8.29. The number of rotatable bonds is 5. The standard InChI is InChI=1S/C16H19NO3S/c1-12-9-13(10-17)7-8-14(12)11-21(18,19)16-6-4-3-5-15(16)20-2/h3-9H,10-11,17H2,1-2H3. The van der Waals surface area contributed by atoms with Crippen LogP contribution in [0.5, 0.6) is 5.75 Å². The Balaban J connectivity index is 2.38. The Hall–Kier alpha value is -1.85. The minimum Gasteiger partial charge on any atom is -0.495 e. The number of nitrogens with two attached hydrogens (primary N) is 1. The van der Waals surface area contributed by atoms with Gasteiger partial charge in [-0.3, -0.25) is 0 Å². The molecule has 2 rings (SSSR count). The van der Waals surface area contributed by atoms with Crippen molar-refractivity contribution in [3.05, 3.63) is 59.2 Å². The zero-order chi connectivity index (χ0) is 15.5. The van der Waals surface area contributed by atoms with Gasteiger partial charge in [0.15, 0.2) is 9.84 Å². The van der Waals surface area contributed by atoms with Crippen molar-refractivity contribution in [2.75, 3.05) is 7.11 Å². The molecule has 2 aromatic rings. The SMILES string of the molecule is COc1ccccc1S(=O)(=O)Cc1ccc(CN)cc1C. The van der Waals surface area contributed by atoms with E-state index >= 15 is 0 Å². The molecule has 21 heavy (non-hydrogen) atoms. The first-order valence-electron chi connectivity index (χ1n) is 6.62. The summed E-state index contributed by atoms with van der Waals surface area (Å²) >= 11 is 0. The summed E-state index contributed by atoms with van der Waals surface area (Å²) in [6, 6.07) is 12.3. The van der Waals surface area contributed by atoms with Crippen LogP contribution in [0, 0.1) is 6.92 Å². The topological polar surface area (TPSA) is 69.4 Å². The molecule has 0 unspecified atom stereocenters. The quantitative estimate of drug-likeness (QED) is 0.921. The molecule has 0 saturated heterocycles. The predicted molar refractivity (Wildman–Crippen MR) is 83.0 cm³/mol. The van der Waals surface area contributed by atoms with Gasteiger partial charge in [0, 0.05) is 6.54 Å². The van der Waals surface area contributed by atoms with Crippen LogP contribution in [0.2, 0.25) is 0 Å². The first-order chi connectivity index (χ1) is 9.97. The van der Waals surface area contributed by atoms with Gasteiger partial charge in [-0.2, -0.15) is 0 Å². The Kier molecular flexibility index (Phi) is 4.65. The molecule has 0 aromatic heterocycles. The van der Waals surface area contributed by atoms with Gasteiger partial charge in [0.2, 0.25) is 0 Å². The van der Waals surface area contributed by atoms with Crippen LogP contribution < -0.4 is 10.5 Å². The molecular formula is C16H19NO3S. The Morgan fingerprint density at radius 3 is 2.48 bits per heavy atom. The van der Waals surface area contributed by atoms with Gasteiger partial charge in [-0.1, -0.05) is 30.3 Å². The highest BCUT2D eigenvalue weighted by Crippen LogP contribution is 2.27. The summed E-state index contributed by atoms with van der Waals surface area (Å²) in [7, 11) is -1.99. The van der Waals surface area contributed by atoms with E-state index in [4.69, 9.17) is 10.5 Å². The highest BCUT2D eigenvalue weighted by Gasteiger charge is 2.20. The number of methoxy groups -OCH3 is 1. The third kappa shape index (κ3) is 3.43. The number of aryl methyl sites for hydroxylation is 1. The van der Waals surface area contributed by atoms with Crippen molar-refractivity contribution in [3.8, 4) is 5.75 Å². The maximum Gasteiger partial charge on any atom is 0.186 e. The average molecular weight is 305 g/mol. The van der Waals surface area contributed by atoms with Gasteiger partial charge in [0.05, 0.1) is 12.9 Å². The van der Waals surface area contributed by atoms with E-state index in [2.05, 4.69) is 0 Å². The Bertz CT molecular complexity index is 739. The zero-order valence-corrected chi connectivity index (χ0v) is 13.0. The van der Waals surface area contributed by atoms with Crippen molar-refractivity contribution < 1.29 is 13.2 Å². The number of hydrogen-bond acceptors (Lipinski definition) is 4. The van der Waals surface area contributed by atoms with Crippen LogP contribution >= 0.6 is 0 Å². The zero-order valence-electron chi connectivity index (χ0n) is 12.2. The summed E-state index contributed by atoms with van der Waals surface area (Å²) in [6.45, 7) is 2.34. The fraction of sp³-hybridized carbons (Fsp3) is 0.250. The van der Waals surface area contributed by atoms with E-state index < -0.39 is 9.84 Å². The summed E-state index contributed by atoms with van der Waals surface area (Å²) in [6.07, 6.45) is 0. The van der Waals surface area contributed by atoms with Crippen molar-refractivity contribution in [2.45, 2.75) is 24.1 Å². The maximum atomic E-state index is 12.6. The molecule has 0 atom stereocenters. The van der Waals surface area contributed by atoms with Gasteiger partial charge < -0.3 is 10.5 Å². The lowest BCUT2D eigenvalue weighted by molar-refractivity contribution is 0.402. The molecule has 4 nitrogen and oxygen atoms in total. The van der Waals surface area contributed by atoms with Crippen LogP contribution in [0.4, 0.5) is 0 Å².